The monoisotopic (exact) mass is 186 g/mol. The van der Waals surface area contributed by atoms with Crippen LogP contribution in [0.5, 0.6) is 0 Å². The smallest absolute Gasteiger partial charge is 0.408 e. The Bertz CT molecular complexity index is 219. The second-order valence-corrected chi connectivity index (χ2v) is 2.91. The molecule has 0 amide bonds. The Labute approximate surface area is 76.9 Å². The lowest BCUT2D eigenvalue weighted by atomic mass is 10.1. The minimum absolute atomic E-state index is 0.694. The van der Waals surface area contributed by atoms with Gasteiger partial charge in [-0.05, 0) is 25.3 Å². The van der Waals surface area contributed by atoms with Crippen molar-refractivity contribution in [2.45, 2.75) is 25.7 Å². The first-order valence-corrected chi connectivity index (χ1v) is 4.38. The van der Waals surface area contributed by atoms with Crippen LogP contribution in [0, 0.1) is 0 Å². The van der Waals surface area contributed by atoms with E-state index < -0.39 is 5.43 Å². The summed E-state index contributed by atoms with van der Waals surface area (Å²) < 4.78 is 4.78. The molecule has 1 aliphatic rings. The molecule has 0 bridgehead atoms. The average Bonchev–Trinajstić information content (AvgIpc) is 1.93. The largest absolute Gasteiger partial charge is 0.419 e. The molecule has 0 unspecified atom stereocenters. The third kappa shape index (κ3) is 3.58. The summed E-state index contributed by atoms with van der Waals surface area (Å²) >= 11 is 5.09. The standard InChI is InChI=1S/C9H11ClO2/c10-9(11)12-8-6-4-2-1-3-5-7-8/h1-2,7H,3-6H2. The Morgan fingerprint density at radius 1 is 1.33 bits per heavy atom. The van der Waals surface area contributed by atoms with Crippen LogP contribution in [-0.4, -0.2) is 5.43 Å². The molecule has 0 aromatic heterocycles. The molecule has 0 N–H and O–H groups in total. The summed E-state index contributed by atoms with van der Waals surface area (Å²) in [5.41, 5.74) is -0.745. The van der Waals surface area contributed by atoms with Gasteiger partial charge in [0, 0.05) is 18.0 Å². The van der Waals surface area contributed by atoms with Gasteiger partial charge in [0.25, 0.3) is 0 Å². The molecule has 0 aromatic carbocycles. The molecule has 0 fully saturated rings. The summed E-state index contributed by atoms with van der Waals surface area (Å²) in [6, 6.07) is 0. The molecular formula is C9H11ClO2. The van der Waals surface area contributed by atoms with E-state index in [-0.39, 0.29) is 0 Å². The fourth-order valence-corrected chi connectivity index (χ4v) is 1.20. The number of halogens is 1. The van der Waals surface area contributed by atoms with Gasteiger partial charge in [0.2, 0.25) is 0 Å². The van der Waals surface area contributed by atoms with Crippen molar-refractivity contribution in [3.8, 4) is 0 Å². The molecule has 2 nitrogen and oxygen atoms in total. The molecule has 0 spiro atoms. The van der Waals surface area contributed by atoms with Gasteiger partial charge in [0.1, 0.15) is 5.76 Å². The molecule has 0 saturated heterocycles. The van der Waals surface area contributed by atoms with Crippen LogP contribution in [0.2, 0.25) is 0 Å². The van der Waals surface area contributed by atoms with Crippen LogP contribution in [0.15, 0.2) is 24.0 Å². The second-order valence-electron chi connectivity index (χ2n) is 2.60. The lowest BCUT2D eigenvalue weighted by Gasteiger charge is -2.06. The molecule has 12 heavy (non-hydrogen) atoms. The fraction of sp³-hybridized carbons (Fsp3) is 0.444. The van der Waals surface area contributed by atoms with Crippen LogP contribution in [0.4, 0.5) is 4.79 Å². The van der Waals surface area contributed by atoms with Crippen molar-refractivity contribution in [3.05, 3.63) is 24.0 Å². The van der Waals surface area contributed by atoms with E-state index in [0.29, 0.717) is 5.76 Å². The highest BCUT2D eigenvalue weighted by molar-refractivity contribution is 6.61. The number of carbonyl (C=O) groups is 1. The second kappa shape index (κ2) is 4.99. The quantitative estimate of drug-likeness (QED) is 0.464. The molecule has 1 aliphatic carbocycles. The molecule has 0 radical (unpaired) electrons. The van der Waals surface area contributed by atoms with Crippen molar-refractivity contribution >= 4 is 17.0 Å². The third-order valence-electron chi connectivity index (χ3n) is 1.64. The molecule has 0 aromatic rings. The molecule has 66 valence electrons. The number of rotatable bonds is 1. The van der Waals surface area contributed by atoms with Crippen LogP contribution in [0.3, 0.4) is 0 Å². The van der Waals surface area contributed by atoms with Crippen LogP contribution in [0.1, 0.15) is 25.7 Å². The first-order valence-electron chi connectivity index (χ1n) is 4.00. The molecule has 0 aliphatic heterocycles. The minimum atomic E-state index is -0.745. The maximum absolute atomic E-state index is 10.4. The van der Waals surface area contributed by atoms with Gasteiger partial charge in [-0.2, -0.15) is 0 Å². The summed E-state index contributed by atoms with van der Waals surface area (Å²) in [5, 5.41) is 0. The maximum Gasteiger partial charge on any atom is 0.408 e. The van der Waals surface area contributed by atoms with E-state index >= 15 is 0 Å². The first-order chi connectivity index (χ1) is 5.79. The Morgan fingerprint density at radius 3 is 2.83 bits per heavy atom. The highest BCUT2D eigenvalue weighted by atomic mass is 35.5. The predicted molar refractivity (Wildman–Crippen MR) is 48.0 cm³/mol. The van der Waals surface area contributed by atoms with Gasteiger partial charge in [-0.15, -0.1) is 0 Å². The topological polar surface area (TPSA) is 26.3 Å². The Morgan fingerprint density at radius 2 is 2.08 bits per heavy atom. The van der Waals surface area contributed by atoms with Crippen LogP contribution < -0.4 is 0 Å². The maximum atomic E-state index is 10.4. The van der Waals surface area contributed by atoms with E-state index in [0.717, 1.165) is 25.7 Å². The van der Waals surface area contributed by atoms with E-state index in [1.54, 1.807) is 0 Å². The van der Waals surface area contributed by atoms with Crippen molar-refractivity contribution in [2.75, 3.05) is 0 Å². The van der Waals surface area contributed by atoms with Gasteiger partial charge >= 0.3 is 5.43 Å². The van der Waals surface area contributed by atoms with Crippen molar-refractivity contribution in [2.24, 2.45) is 0 Å². The van der Waals surface area contributed by atoms with E-state index in [4.69, 9.17) is 16.3 Å². The lowest BCUT2D eigenvalue weighted by Crippen LogP contribution is -1.95. The van der Waals surface area contributed by atoms with Gasteiger partial charge in [0.15, 0.2) is 0 Å². The average molecular weight is 187 g/mol. The van der Waals surface area contributed by atoms with Crippen LogP contribution in [-0.2, 0) is 4.74 Å². The zero-order valence-corrected chi connectivity index (χ0v) is 7.51. The SMILES string of the molecule is O=C(Cl)OC1=CCCC=CCC1. The molecule has 0 saturated carbocycles. The van der Waals surface area contributed by atoms with Crippen molar-refractivity contribution in [1.29, 1.82) is 0 Å². The normalized spacial score (nSPS) is 17.6. The molecule has 3 heteroatoms. The Balaban J connectivity index is 2.45. The Hall–Kier alpha value is -0.760. The van der Waals surface area contributed by atoms with Gasteiger partial charge in [0.05, 0.1) is 0 Å². The summed E-state index contributed by atoms with van der Waals surface area (Å²) in [5.74, 6) is 0.694. The van der Waals surface area contributed by atoms with Crippen molar-refractivity contribution < 1.29 is 9.53 Å². The zero-order valence-electron chi connectivity index (χ0n) is 6.75. The van der Waals surface area contributed by atoms with Crippen molar-refractivity contribution in [1.82, 2.24) is 0 Å². The number of hydrogen-bond donors (Lipinski definition) is 0. The summed E-state index contributed by atoms with van der Waals surface area (Å²) in [4.78, 5) is 10.4. The molecular weight excluding hydrogens is 176 g/mol. The van der Waals surface area contributed by atoms with Gasteiger partial charge < -0.3 is 4.74 Å². The van der Waals surface area contributed by atoms with Crippen LogP contribution in [0.25, 0.3) is 0 Å². The summed E-state index contributed by atoms with van der Waals surface area (Å²) in [6.07, 6.45) is 9.74. The fourth-order valence-electron chi connectivity index (χ4n) is 1.10. The van der Waals surface area contributed by atoms with E-state index in [1.165, 1.54) is 0 Å². The van der Waals surface area contributed by atoms with Crippen molar-refractivity contribution in [3.63, 3.8) is 0 Å². The van der Waals surface area contributed by atoms with Gasteiger partial charge in [-0.1, -0.05) is 12.2 Å². The highest BCUT2D eigenvalue weighted by Gasteiger charge is 2.03. The molecule has 0 heterocycles. The predicted octanol–water partition coefficient (Wildman–Crippen LogP) is 3.38. The molecule has 1 rings (SSSR count). The van der Waals surface area contributed by atoms with Gasteiger partial charge in [-0.25, -0.2) is 4.79 Å². The van der Waals surface area contributed by atoms with E-state index in [1.807, 2.05) is 6.08 Å². The lowest BCUT2D eigenvalue weighted by molar-refractivity contribution is 0.199. The summed E-state index contributed by atoms with van der Waals surface area (Å²) in [7, 11) is 0. The number of carbonyl (C=O) groups excluding carboxylic acids is 1. The zero-order chi connectivity index (χ0) is 8.81. The Kier molecular flexibility index (Phi) is 3.88. The number of allylic oxidation sites excluding steroid dienone is 4. The molecule has 0 atom stereocenters. The minimum Gasteiger partial charge on any atom is -0.419 e. The van der Waals surface area contributed by atoms with E-state index in [9.17, 15) is 4.79 Å². The van der Waals surface area contributed by atoms with Gasteiger partial charge in [-0.3, -0.25) is 0 Å². The first kappa shape index (κ1) is 9.33. The van der Waals surface area contributed by atoms with E-state index in [2.05, 4.69) is 12.2 Å². The number of hydrogen-bond acceptors (Lipinski definition) is 2. The third-order valence-corrected chi connectivity index (χ3v) is 1.72. The van der Waals surface area contributed by atoms with Crippen LogP contribution >= 0.6 is 11.6 Å². The number of ether oxygens (including phenoxy) is 1. The highest BCUT2D eigenvalue weighted by Crippen LogP contribution is 2.14. The summed E-state index contributed by atoms with van der Waals surface area (Å²) in [6.45, 7) is 0.